The lowest BCUT2D eigenvalue weighted by atomic mass is 10.0. The fourth-order valence-electron chi connectivity index (χ4n) is 3.06. The van der Waals surface area contributed by atoms with Crippen molar-refractivity contribution in [2.24, 2.45) is 0 Å². The monoisotopic (exact) mass is 408 g/mol. The molecule has 1 amide bonds. The maximum absolute atomic E-state index is 12.4. The van der Waals surface area contributed by atoms with Crippen molar-refractivity contribution in [3.8, 4) is 11.4 Å². The van der Waals surface area contributed by atoms with Crippen LogP contribution in [0.4, 0.5) is 5.69 Å². The molecule has 0 saturated carbocycles. The molecule has 3 aromatic rings. The molecule has 0 spiro atoms. The van der Waals surface area contributed by atoms with Gasteiger partial charge in [-0.3, -0.25) is 4.79 Å². The van der Waals surface area contributed by atoms with Crippen LogP contribution < -0.4 is 5.32 Å². The number of amides is 1. The van der Waals surface area contributed by atoms with E-state index in [0.717, 1.165) is 34.3 Å². The smallest absolute Gasteiger partial charge is 0.234 e. The van der Waals surface area contributed by atoms with Gasteiger partial charge in [-0.15, -0.1) is 10.2 Å². The van der Waals surface area contributed by atoms with E-state index in [9.17, 15) is 4.79 Å². The second-order valence-electron chi connectivity index (χ2n) is 7.46. The van der Waals surface area contributed by atoms with Crippen LogP contribution >= 0.6 is 11.8 Å². The lowest BCUT2D eigenvalue weighted by Gasteiger charge is -2.10. The highest BCUT2D eigenvalue weighted by atomic mass is 32.2. The maximum atomic E-state index is 12.4. The Balaban J connectivity index is 1.68. The van der Waals surface area contributed by atoms with Crippen LogP contribution in [0.5, 0.6) is 0 Å². The second-order valence-corrected chi connectivity index (χ2v) is 8.41. The fourth-order valence-corrected chi connectivity index (χ4v) is 3.86. The van der Waals surface area contributed by atoms with E-state index in [1.807, 2.05) is 25.1 Å². The summed E-state index contributed by atoms with van der Waals surface area (Å²) in [5.74, 6) is 1.57. The zero-order valence-corrected chi connectivity index (χ0v) is 18.5. The van der Waals surface area contributed by atoms with Crippen LogP contribution in [0.15, 0.2) is 47.6 Å². The fraction of sp³-hybridized carbons (Fsp3) is 0.348. The average Bonchev–Trinajstić information content (AvgIpc) is 3.12. The summed E-state index contributed by atoms with van der Waals surface area (Å²) < 4.78 is 2.05. The van der Waals surface area contributed by atoms with Gasteiger partial charge in [-0.1, -0.05) is 55.9 Å². The van der Waals surface area contributed by atoms with E-state index in [1.54, 1.807) is 0 Å². The molecule has 1 heterocycles. The predicted octanol–water partition coefficient (Wildman–Crippen LogP) is 5.44. The Morgan fingerprint density at radius 3 is 2.41 bits per heavy atom. The first-order valence-electron chi connectivity index (χ1n) is 9.92. The van der Waals surface area contributed by atoms with Gasteiger partial charge >= 0.3 is 0 Å². The molecule has 29 heavy (non-hydrogen) atoms. The van der Waals surface area contributed by atoms with Gasteiger partial charge in [-0.05, 0) is 55.5 Å². The second kappa shape index (κ2) is 9.27. The number of anilines is 1. The Kier molecular flexibility index (Phi) is 6.75. The van der Waals surface area contributed by atoms with Gasteiger partial charge < -0.3 is 9.88 Å². The first-order valence-corrected chi connectivity index (χ1v) is 10.9. The van der Waals surface area contributed by atoms with E-state index in [0.29, 0.717) is 5.92 Å². The van der Waals surface area contributed by atoms with E-state index in [2.05, 4.69) is 72.0 Å². The summed E-state index contributed by atoms with van der Waals surface area (Å²) >= 11 is 1.41. The zero-order chi connectivity index (χ0) is 21.0. The average molecular weight is 409 g/mol. The zero-order valence-electron chi connectivity index (χ0n) is 17.7. The van der Waals surface area contributed by atoms with E-state index < -0.39 is 0 Å². The van der Waals surface area contributed by atoms with Crippen LogP contribution in [0.1, 0.15) is 43.4 Å². The highest BCUT2D eigenvalue weighted by Crippen LogP contribution is 2.26. The number of aryl methyl sites for hydroxylation is 2. The molecule has 1 N–H and O–H groups in total. The number of carbonyl (C=O) groups is 1. The van der Waals surface area contributed by atoms with Crippen LogP contribution in [0.25, 0.3) is 11.4 Å². The third-order valence-electron chi connectivity index (χ3n) is 4.99. The largest absolute Gasteiger partial charge is 0.325 e. The van der Waals surface area contributed by atoms with Crippen LogP contribution in [0.2, 0.25) is 0 Å². The topological polar surface area (TPSA) is 59.8 Å². The highest BCUT2D eigenvalue weighted by molar-refractivity contribution is 7.99. The number of thioether (sulfide) groups is 1. The molecule has 0 saturated heterocycles. The van der Waals surface area contributed by atoms with Gasteiger partial charge in [0, 0.05) is 17.8 Å². The summed E-state index contributed by atoms with van der Waals surface area (Å²) in [4.78, 5) is 12.4. The molecule has 0 aliphatic heterocycles. The van der Waals surface area contributed by atoms with Gasteiger partial charge in [-0.25, -0.2) is 0 Å². The Morgan fingerprint density at radius 2 is 1.79 bits per heavy atom. The minimum Gasteiger partial charge on any atom is -0.325 e. The first kappa shape index (κ1) is 21.1. The number of carbonyl (C=O) groups excluding carboxylic acids is 1. The Labute approximate surface area is 176 Å². The standard InChI is InChI=1S/C23H28N4OS/c1-6-27-22(19-10-8-18(9-11-19)15(2)3)25-26-23(27)29-14-21(28)24-20-12-7-16(4)17(5)13-20/h7-13,15H,6,14H2,1-5H3,(H,24,28). The normalized spacial score (nSPS) is 11.1. The molecule has 6 heteroatoms. The van der Waals surface area contributed by atoms with Gasteiger partial charge in [0.1, 0.15) is 0 Å². The van der Waals surface area contributed by atoms with Crippen LogP contribution in [0.3, 0.4) is 0 Å². The molecule has 1 aromatic heterocycles. The SMILES string of the molecule is CCn1c(SCC(=O)Nc2ccc(C)c(C)c2)nnc1-c1ccc(C(C)C)cc1. The van der Waals surface area contributed by atoms with Crippen molar-refractivity contribution in [1.82, 2.24) is 14.8 Å². The Hall–Kier alpha value is -2.60. The molecule has 0 aliphatic carbocycles. The van der Waals surface area contributed by atoms with Gasteiger partial charge in [-0.2, -0.15) is 0 Å². The van der Waals surface area contributed by atoms with Gasteiger partial charge in [0.2, 0.25) is 5.91 Å². The molecule has 0 unspecified atom stereocenters. The summed E-state index contributed by atoms with van der Waals surface area (Å²) in [7, 11) is 0. The quantitative estimate of drug-likeness (QED) is 0.529. The summed E-state index contributed by atoms with van der Waals surface area (Å²) in [6.07, 6.45) is 0. The molecule has 0 bridgehead atoms. The molecule has 0 atom stereocenters. The molecular formula is C23H28N4OS. The van der Waals surface area contributed by atoms with Crippen molar-refractivity contribution in [1.29, 1.82) is 0 Å². The van der Waals surface area contributed by atoms with Crippen LogP contribution in [-0.4, -0.2) is 26.4 Å². The number of nitrogens with one attached hydrogen (secondary N) is 1. The van der Waals surface area contributed by atoms with E-state index in [4.69, 9.17) is 0 Å². The Morgan fingerprint density at radius 1 is 1.07 bits per heavy atom. The van der Waals surface area contributed by atoms with Crippen molar-refractivity contribution in [3.63, 3.8) is 0 Å². The van der Waals surface area contributed by atoms with Gasteiger partial charge in [0.15, 0.2) is 11.0 Å². The van der Waals surface area contributed by atoms with Crippen LogP contribution in [-0.2, 0) is 11.3 Å². The molecule has 0 radical (unpaired) electrons. The van der Waals surface area contributed by atoms with E-state index in [-0.39, 0.29) is 11.7 Å². The van der Waals surface area contributed by atoms with E-state index in [1.165, 1.54) is 22.9 Å². The van der Waals surface area contributed by atoms with Crippen molar-refractivity contribution < 1.29 is 4.79 Å². The molecule has 5 nitrogen and oxygen atoms in total. The van der Waals surface area contributed by atoms with E-state index >= 15 is 0 Å². The van der Waals surface area contributed by atoms with Crippen LogP contribution in [0, 0.1) is 13.8 Å². The number of rotatable bonds is 7. The number of benzene rings is 2. The minimum atomic E-state index is -0.0493. The minimum absolute atomic E-state index is 0.0493. The molecule has 2 aromatic carbocycles. The molecule has 152 valence electrons. The van der Waals surface area contributed by atoms with Crippen molar-refractivity contribution in [3.05, 3.63) is 59.2 Å². The molecule has 3 rings (SSSR count). The third-order valence-corrected chi connectivity index (χ3v) is 5.96. The summed E-state index contributed by atoms with van der Waals surface area (Å²) in [6.45, 7) is 11.3. The predicted molar refractivity (Wildman–Crippen MR) is 120 cm³/mol. The number of aromatic nitrogens is 3. The van der Waals surface area contributed by atoms with Crippen molar-refractivity contribution >= 4 is 23.4 Å². The number of nitrogens with zero attached hydrogens (tertiary/aromatic N) is 3. The third kappa shape index (κ3) is 5.07. The van der Waals surface area contributed by atoms with Crippen molar-refractivity contribution in [2.75, 3.05) is 11.1 Å². The van der Waals surface area contributed by atoms with Gasteiger partial charge in [0.25, 0.3) is 0 Å². The number of hydrogen-bond donors (Lipinski definition) is 1. The molecular weight excluding hydrogens is 380 g/mol. The number of hydrogen-bond acceptors (Lipinski definition) is 4. The van der Waals surface area contributed by atoms with Gasteiger partial charge in [0.05, 0.1) is 5.75 Å². The maximum Gasteiger partial charge on any atom is 0.234 e. The molecule has 0 fully saturated rings. The Bertz CT molecular complexity index is 993. The first-order chi connectivity index (χ1) is 13.9. The lowest BCUT2D eigenvalue weighted by Crippen LogP contribution is -2.14. The summed E-state index contributed by atoms with van der Waals surface area (Å²) in [5, 5.41) is 12.4. The summed E-state index contributed by atoms with van der Waals surface area (Å²) in [5.41, 5.74) is 5.53. The van der Waals surface area contributed by atoms with Crippen molar-refractivity contribution in [2.45, 2.75) is 52.2 Å². The molecule has 0 aliphatic rings. The highest BCUT2D eigenvalue weighted by Gasteiger charge is 2.15. The summed E-state index contributed by atoms with van der Waals surface area (Å²) in [6, 6.07) is 14.4. The lowest BCUT2D eigenvalue weighted by molar-refractivity contribution is -0.113.